The van der Waals surface area contributed by atoms with Gasteiger partial charge >= 0.3 is 0 Å². The quantitative estimate of drug-likeness (QED) is 0.838. The minimum Gasteiger partial charge on any atom is -0.497 e. The number of benzene rings is 1. The van der Waals surface area contributed by atoms with Crippen LogP contribution >= 0.6 is 0 Å². The van der Waals surface area contributed by atoms with Crippen molar-refractivity contribution in [2.75, 3.05) is 20.7 Å². The Balaban J connectivity index is 2.31. The normalized spacial score (nSPS) is 24.7. The molecule has 0 radical (unpaired) electrons. The van der Waals surface area contributed by atoms with Gasteiger partial charge in [0.15, 0.2) is 0 Å². The summed E-state index contributed by atoms with van der Waals surface area (Å²) in [5, 5.41) is 2.68. The molecule has 2 N–H and O–H groups in total. The molecule has 0 spiro atoms. The van der Waals surface area contributed by atoms with Gasteiger partial charge in [0.05, 0.1) is 13.2 Å². The fourth-order valence-corrected chi connectivity index (χ4v) is 3.75. The van der Waals surface area contributed by atoms with E-state index in [4.69, 9.17) is 4.74 Å². The predicted molar refractivity (Wildman–Crippen MR) is 82.6 cm³/mol. The summed E-state index contributed by atoms with van der Waals surface area (Å²) in [5.41, 5.74) is 0.769. The van der Waals surface area contributed by atoms with Crippen LogP contribution in [0.15, 0.2) is 24.3 Å². The molecule has 1 amide bonds. The van der Waals surface area contributed by atoms with E-state index in [0.717, 1.165) is 9.87 Å². The number of amides is 1. The van der Waals surface area contributed by atoms with Crippen molar-refractivity contribution in [3.8, 4) is 5.75 Å². The van der Waals surface area contributed by atoms with Gasteiger partial charge in [-0.05, 0) is 31.0 Å². The summed E-state index contributed by atoms with van der Waals surface area (Å²) in [6, 6.07) is 5.96. The maximum atomic E-state index is 12.2. The van der Waals surface area contributed by atoms with Crippen LogP contribution in [0, 0.1) is 0 Å². The monoisotopic (exact) mass is 327 g/mol. The Morgan fingerprint density at radius 3 is 2.86 bits per heavy atom. The summed E-state index contributed by atoms with van der Waals surface area (Å²) >= 11 is 0. The first-order valence-corrected chi connectivity index (χ1v) is 8.50. The molecule has 1 aliphatic heterocycles. The lowest BCUT2D eigenvalue weighted by molar-refractivity contribution is -0.125. The smallest absolute Gasteiger partial charge is 0.280 e. The Bertz CT molecular complexity index is 647. The summed E-state index contributed by atoms with van der Waals surface area (Å²) in [6.07, 6.45) is 0.356. The molecule has 0 unspecified atom stereocenters. The van der Waals surface area contributed by atoms with E-state index < -0.39 is 22.3 Å². The molecule has 0 aromatic heterocycles. The number of carbonyl (C=O) groups is 1. The number of nitrogens with zero attached hydrogens (tertiary/aromatic N) is 1. The molecule has 0 bridgehead atoms. The van der Waals surface area contributed by atoms with Crippen LogP contribution in [0.2, 0.25) is 0 Å². The van der Waals surface area contributed by atoms with Crippen molar-refractivity contribution in [3.05, 3.63) is 29.8 Å². The number of hydrogen-bond acceptors (Lipinski definition) is 4. The highest BCUT2D eigenvalue weighted by atomic mass is 32.2. The summed E-state index contributed by atoms with van der Waals surface area (Å²) in [7, 11) is -0.751. The number of likely N-dealkylation sites (N-methyl/N-ethyl adjacent to an activating group) is 2. The molecule has 1 aromatic carbocycles. The first-order chi connectivity index (χ1) is 10.4. The minimum absolute atomic E-state index is 0.289. The average Bonchev–Trinajstić information content (AvgIpc) is 2.50. The highest BCUT2D eigenvalue weighted by molar-refractivity contribution is 7.87. The maximum Gasteiger partial charge on any atom is 0.280 e. The van der Waals surface area contributed by atoms with E-state index in [9.17, 15) is 13.2 Å². The zero-order valence-electron chi connectivity index (χ0n) is 12.9. The van der Waals surface area contributed by atoms with E-state index in [1.165, 1.54) is 7.05 Å². The molecule has 1 fully saturated rings. The van der Waals surface area contributed by atoms with Crippen LogP contribution < -0.4 is 14.8 Å². The number of methoxy groups -OCH3 is 1. The maximum absolute atomic E-state index is 12.2. The lowest BCUT2D eigenvalue weighted by atomic mass is 9.99. The predicted octanol–water partition coefficient (Wildman–Crippen LogP) is 0.411. The van der Waals surface area contributed by atoms with Gasteiger partial charge in [0.2, 0.25) is 5.91 Å². The van der Waals surface area contributed by atoms with E-state index in [-0.39, 0.29) is 5.91 Å². The molecule has 1 saturated heterocycles. The molecular weight excluding hydrogens is 306 g/mol. The molecule has 7 nitrogen and oxygen atoms in total. The van der Waals surface area contributed by atoms with E-state index in [1.807, 2.05) is 6.07 Å². The Kier molecular flexibility index (Phi) is 5.05. The zero-order valence-corrected chi connectivity index (χ0v) is 13.7. The lowest BCUT2D eigenvalue weighted by Gasteiger charge is -2.36. The van der Waals surface area contributed by atoms with E-state index in [2.05, 4.69) is 10.0 Å². The summed E-state index contributed by atoms with van der Waals surface area (Å²) in [4.78, 5) is 12.1. The zero-order chi connectivity index (χ0) is 16.3. The molecule has 0 saturated carbocycles. The van der Waals surface area contributed by atoms with E-state index in [0.29, 0.717) is 18.7 Å². The highest BCUT2D eigenvalue weighted by Gasteiger charge is 2.40. The number of ether oxygens (including phenoxy) is 1. The summed E-state index contributed by atoms with van der Waals surface area (Å²) in [5.74, 6) is 0.355. The lowest BCUT2D eigenvalue weighted by Crippen LogP contribution is -2.57. The molecular formula is C14H21N3O4S. The highest BCUT2D eigenvalue weighted by Crippen LogP contribution is 2.29. The number of rotatable bonds is 4. The summed E-state index contributed by atoms with van der Waals surface area (Å²) in [6.45, 7) is 2.26. The molecule has 22 heavy (non-hydrogen) atoms. The van der Waals surface area contributed by atoms with Crippen LogP contribution in [0.5, 0.6) is 5.75 Å². The second kappa shape index (κ2) is 6.64. The Morgan fingerprint density at radius 1 is 1.50 bits per heavy atom. The third-order valence-electron chi connectivity index (χ3n) is 3.72. The Hall–Kier alpha value is -1.64. The summed E-state index contributed by atoms with van der Waals surface area (Å²) < 4.78 is 33.3. The molecule has 8 heteroatoms. The number of carbonyl (C=O) groups excluding carboxylic acids is 1. The van der Waals surface area contributed by atoms with Gasteiger partial charge in [0.25, 0.3) is 10.2 Å². The van der Waals surface area contributed by atoms with Crippen LogP contribution in [-0.4, -0.2) is 45.4 Å². The molecule has 122 valence electrons. The molecule has 1 aliphatic rings. The Morgan fingerprint density at radius 2 is 2.23 bits per heavy atom. The van der Waals surface area contributed by atoms with Crippen molar-refractivity contribution >= 4 is 16.1 Å². The molecule has 1 aromatic rings. The van der Waals surface area contributed by atoms with E-state index in [1.54, 1.807) is 32.2 Å². The molecule has 2 rings (SSSR count). The van der Waals surface area contributed by atoms with Crippen molar-refractivity contribution in [3.63, 3.8) is 0 Å². The molecule has 0 aliphatic carbocycles. The van der Waals surface area contributed by atoms with Crippen molar-refractivity contribution in [2.45, 2.75) is 25.4 Å². The fourth-order valence-electron chi connectivity index (χ4n) is 2.48. The van der Waals surface area contributed by atoms with Crippen molar-refractivity contribution < 1.29 is 17.9 Å². The van der Waals surface area contributed by atoms with Gasteiger partial charge in [-0.15, -0.1) is 0 Å². The van der Waals surface area contributed by atoms with Gasteiger partial charge in [-0.3, -0.25) is 4.79 Å². The van der Waals surface area contributed by atoms with Gasteiger partial charge in [-0.2, -0.15) is 17.4 Å². The van der Waals surface area contributed by atoms with Crippen LogP contribution in [-0.2, 0) is 15.0 Å². The third kappa shape index (κ3) is 3.40. The third-order valence-corrected chi connectivity index (χ3v) is 5.31. The van der Waals surface area contributed by atoms with Gasteiger partial charge in [0.1, 0.15) is 11.8 Å². The van der Waals surface area contributed by atoms with E-state index >= 15 is 0 Å². The van der Waals surface area contributed by atoms with Gasteiger partial charge in [0, 0.05) is 13.6 Å². The SMILES string of the molecule is CCNC(=O)[C@H]1C[C@H](c2cccc(OC)c2)NS(=O)(=O)N1C. The van der Waals surface area contributed by atoms with Crippen LogP contribution in [0.25, 0.3) is 0 Å². The fraction of sp³-hybridized carbons (Fsp3) is 0.500. The van der Waals surface area contributed by atoms with Gasteiger partial charge < -0.3 is 10.1 Å². The second-order valence-electron chi connectivity index (χ2n) is 5.11. The van der Waals surface area contributed by atoms with Crippen molar-refractivity contribution in [1.82, 2.24) is 14.3 Å². The first kappa shape index (κ1) is 16.7. The van der Waals surface area contributed by atoms with Crippen LogP contribution in [0.3, 0.4) is 0 Å². The number of hydrogen-bond donors (Lipinski definition) is 2. The van der Waals surface area contributed by atoms with Crippen LogP contribution in [0.1, 0.15) is 24.9 Å². The van der Waals surface area contributed by atoms with Crippen LogP contribution in [0.4, 0.5) is 0 Å². The first-order valence-electron chi connectivity index (χ1n) is 7.06. The van der Waals surface area contributed by atoms with Gasteiger partial charge in [-0.1, -0.05) is 12.1 Å². The largest absolute Gasteiger partial charge is 0.497 e. The Labute approximate surface area is 130 Å². The van der Waals surface area contributed by atoms with Gasteiger partial charge in [-0.25, -0.2) is 0 Å². The van der Waals surface area contributed by atoms with Crippen molar-refractivity contribution in [2.24, 2.45) is 0 Å². The topological polar surface area (TPSA) is 87.7 Å². The number of nitrogens with one attached hydrogen (secondary N) is 2. The molecule has 2 atom stereocenters. The average molecular weight is 327 g/mol. The standard InChI is InChI=1S/C14H21N3O4S/c1-4-15-14(18)13-9-12(16-22(19,20)17(13)2)10-6-5-7-11(8-10)21-3/h5-8,12-13,16H,4,9H2,1-3H3,(H,15,18)/t12-,13-/m1/s1. The molecule has 1 heterocycles. The van der Waals surface area contributed by atoms with Crippen molar-refractivity contribution in [1.29, 1.82) is 0 Å². The second-order valence-corrected chi connectivity index (χ2v) is 6.88. The minimum atomic E-state index is -3.71.